The van der Waals surface area contributed by atoms with Crippen molar-refractivity contribution in [3.8, 4) is 44.5 Å². The van der Waals surface area contributed by atoms with E-state index in [0.717, 1.165) is 44.4 Å². The van der Waals surface area contributed by atoms with Crippen LogP contribution in [0.15, 0.2) is 229 Å². The summed E-state index contributed by atoms with van der Waals surface area (Å²) in [4.78, 5) is 2.45. The van der Waals surface area contributed by atoms with Gasteiger partial charge in [-0.15, -0.1) is 11.3 Å². The van der Waals surface area contributed by atoms with Gasteiger partial charge in [0.1, 0.15) is 11.2 Å². The van der Waals surface area contributed by atoms with Gasteiger partial charge in [-0.3, -0.25) is 0 Å². The van der Waals surface area contributed by atoms with Gasteiger partial charge < -0.3 is 9.32 Å². The summed E-state index contributed by atoms with van der Waals surface area (Å²) in [5.74, 6) is 0. The molecule has 12 aromatic rings. The Balaban J connectivity index is 0.961. The molecule has 0 aliphatic rings. The number of thiophene rings is 1. The average molecular weight is 810 g/mol. The first-order valence-corrected chi connectivity index (χ1v) is 22.0. The molecule has 3 heteroatoms. The third-order valence-corrected chi connectivity index (χ3v) is 13.6. The van der Waals surface area contributed by atoms with Crippen molar-refractivity contribution in [1.82, 2.24) is 0 Å². The molecule has 0 aliphatic carbocycles. The van der Waals surface area contributed by atoms with E-state index in [0.29, 0.717) is 6.54 Å². The molecule has 0 atom stereocenters. The molecule has 0 fully saturated rings. The van der Waals surface area contributed by atoms with E-state index in [9.17, 15) is 0 Å². The Hall–Kier alpha value is -7.72. The van der Waals surface area contributed by atoms with Crippen LogP contribution in [0.2, 0.25) is 0 Å². The highest BCUT2D eigenvalue weighted by Gasteiger charge is 2.19. The van der Waals surface area contributed by atoms with Gasteiger partial charge in [0, 0.05) is 54.4 Å². The molecule has 0 radical (unpaired) electrons. The first kappa shape index (κ1) is 36.2. The maximum Gasteiger partial charge on any atom is 0.143 e. The summed E-state index contributed by atoms with van der Waals surface area (Å²) in [7, 11) is 0. The van der Waals surface area contributed by atoms with Crippen LogP contribution in [0, 0.1) is 0 Å². The maximum absolute atomic E-state index is 6.58. The fraction of sp³-hybridized carbons (Fsp3) is 0.0169. The number of hydrogen-bond donors (Lipinski definition) is 0. The minimum absolute atomic E-state index is 0.652. The number of hydrogen-bond acceptors (Lipinski definition) is 3. The van der Waals surface area contributed by atoms with E-state index in [1.807, 2.05) is 17.4 Å². The van der Waals surface area contributed by atoms with Crippen LogP contribution in [0.1, 0.15) is 5.56 Å². The van der Waals surface area contributed by atoms with Crippen molar-refractivity contribution in [3.63, 3.8) is 0 Å². The van der Waals surface area contributed by atoms with Crippen LogP contribution >= 0.6 is 11.3 Å². The minimum Gasteiger partial charge on any atom is -0.455 e. The Bertz CT molecular complexity index is 3630. The Morgan fingerprint density at radius 3 is 1.90 bits per heavy atom. The zero-order chi connectivity index (χ0) is 41.0. The van der Waals surface area contributed by atoms with Gasteiger partial charge in [-0.1, -0.05) is 176 Å². The van der Waals surface area contributed by atoms with Gasteiger partial charge >= 0.3 is 0 Å². The molecule has 292 valence electrons. The Morgan fingerprint density at radius 2 is 1.00 bits per heavy atom. The fourth-order valence-corrected chi connectivity index (χ4v) is 10.5. The third kappa shape index (κ3) is 6.34. The molecule has 0 spiro atoms. The van der Waals surface area contributed by atoms with Gasteiger partial charge in [-0.05, 0) is 104 Å². The quantitative estimate of drug-likeness (QED) is 0.152. The van der Waals surface area contributed by atoms with Crippen molar-refractivity contribution in [2.75, 3.05) is 4.90 Å². The van der Waals surface area contributed by atoms with E-state index in [1.165, 1.54) is 69.9 Å². The molecule has 0 aliphatic heterocycles. The third-order valence-electron chi connectivity index (χ3n) is 12.4. The van der Waals surface area contributed by atoms with Gasteiger partial charge in [0.05, 0.1) is 0 Å². The molecule has 0 bridgehead atoms. The van der Waals surface area contributed by atoms with Crippen molar-refractivity contribution in [2.24, 2.45) is 0 Å². The highest BCUT2D eigenvalue weighted by molar-refractivity contribution is 7.26. The number of rotatable bonds is 8. The Kier molecular flexibility index (Phi) is 8.79. The van der Waals surface area contributed by atoms with Gasteiger partial charge in [0.2, 0.25) is 0 Å². The Morgan fingerprint density at radius 1 is 0.371 bits per heavy atom. The van der Waals surface area contributed by atoms with E-state index in [2.05, 4.69) is 223 Å². The molecule has 2 aromatic heterocycles. The van der Waals surface area contributed by atoms with Crippen molar-refractivity contribution in [3.05, 3.63) is 230 Å². The summed E-state index contributed by atoms with van der Waals surface area (Å²) in [6, 6.07) is 81.5. The lowest BCUT2D eigenvalue weighted by Crippen LogP contribution is -2.17. The van der Waals surface area contributed by atoms with Crippen LogP contribution < -0.4 is 4.90 Å². The molecule has 62 heavy (non-hydrogen) atoms. The van der Waals surface area contributed by atoms with E-state index < -0.39 is 0 Å². The zero-order valence-corrected chi connectivity index (χ0v) is 34.6. The van der Waals surface area contributed by atoms with Gasteiger partial charge in [-0.2, -0.15) is 0 Å². The lowest BCUT2D eigenvalue weighted by molar-refractivity contribution is 0.670. The molecular formula is C59H39NOS. The predicted octanol–water partition coefficient (Wildman–Crippen LogP) is 17.1. The number of benzene rings is 10. The summed E-state index contributed by atoms with van der Waals surface area (Å²) in [6.07, 6.45) is 0. The monoisotopic (exact) mass is 809 g/mol. The molecule has 2 heterocycles. The van der Waals surface area contributed by atoms with Gasteiger partial charge in [-0.25, -0.2) is 0 Å². The van der Waals surface area contributed by atoms with Crippen molar-refractivity contribution in [2.45, 2.75) is 6.54 Å². The average Bonchev–Trinajstić information content (AvgIpc) is 3.92. The van der Waals surface area contributed by atoms with Gasteiger partial charge in [0.25, 0.3) is 0 Å². The van der Waals surface area contributed by atoms with E-state index in [-0.39, 0.29) is 0 Å². The summed E-state index contributed by atoms with van der Waals surface area (Å²) < 4.78 is 9.23. The van der Waals surface area contributed by atoms with Crippen LogP contribution in [0.3, 0.4) is 0 Å². The predicted molar refractivity (Wildman–Crippen MR) is 265 cm³/mol. The molecule has 0 unspecified atom stereocenters. The molecular weight excluding hydrogens is 771 g/mol. The topological polar surface area (TPSA) is 16.4 Å². The largest absolute Gasteiger partial charge is 0.455 e. The van der Waals surface area contributed by atoms with Crippen molar-refractivity contribution >= 4 is 75.6 Å². The smallest absolute Gasteiger partial charge is 0.143 e. The van der Waals surface area contributed by atoms with Crippen molar-refractivity contribution in [1.29, 1.82) is 0 Å². The van der Waals surface area contributed by atoms with E-state index >= 15 is 0 Å². The van der Waals surface area contributed by atoms with E-state index in [1.54, 1.807) is 0 Å². The second-order valence-electron chi connectivity index (χ2n) is 16.0. The first-order chi connectivity index (χ1) is 30.7. The minimum atomic E-state index is 0.652. The fourth-order valence-electron chi connectivity index (χ4n) is 9.28. The number of furan rings is 1. The lowest BCUT2D eigenvalue weighted by atomic mass is 9.96. The van der Waals surface area contributed by atoms with Crippen LogP contribution in [0.25, 0.3) is 97.4 Å². The SMILES string of the molecule is c1cc(-c2cccc(N(Cc3ccccc3-c3cccc4c3oc3ccccc34)c3ccc(-c4ccc5ccccc5c4)cc3)c2)cc(-c2cccc3c2sc2ccccc23)c1. The highest BCUT2D eigenvalue weighted by atomic mass is 32.1. The maximum atomic E-state index is 6.58. The summed E-state index contributed by atoms with van der Waals surface area (Å²) >= 11 is 1.88. The highest BCUT2D eigenvalue weighted by Crippen LogP contribution is 2.42. The molecule has 0 N–H and O–H groups in total. The number of fused-ring (bicyclic) bond motifs is 7. The van der Waals surface area contributed by atoms with Crippen LogP contribution in [-0.4, -0.2) is 0 Å². The normalized spacial score (nSPS) is 11.6. The second kappa shape index (κ2) is 15.1. The molecule has 12 rings (SSSR count). The van der Waals surface area contributed by atoms with Crippen molar-refractivity contribution < 1.29 is 4.42 Å². The first-order valence-electron chi connectivity index (χ1n) is 21.2. The molecule has 10 aromatic carbocycles. The number of para-hydroxylation sites is 2. The molecule has 0 amide bonds. The van der Waals surface area contributed by atoms with Gasteiger partial charge in [0.15, 0.2) is 0 Å². The van der Waals surface area contributed by atoms with Crippen LogP contribution in [0.5, 0.6) is 0 Å². The lowest BCUT2D eigenvalue weighted by Gasteiger charge is -2.27. The van der Waals surface area contributed by atoms with E-state index in [4.69, 9.17) is 4.42 Å². The summed E-state index contributed by atoms with van der Waals surface area (Å²) in [5.41, 5.74) is 14.8. The number of nitrogens with zero attached hydrogens (tertiary/aromatic N) is 1. The Labute approximate surface area is 364 Å². The summed E-state index contributed by atoms with van der Waals surface area (Å²) in [6.45, 7) is 0.652. The zero-order valence-electron chi connectivity index (χ0n) is 33.8. The molecule has 2 nitrogen and oxygen atoms in total. The standard InChI is InChI=1S/C59H39NOS/c1-2-14-41-35-44(30-29-39(41)13-1)40-31-33-47(34-32-40)60(38-46-15-3-4-20-49(46)53-24-12-25-54-51-21-5-7-27-56(51)61-58(53)54)48-19-10-17-43(37-48)42-16-9-18-45(36-42)50-23-11-26-55-52-22-6-8-28-57(52)62-59(50)55/h1-37H,38H2. The second-order valence-corrected chi connectivity index (χ2v) is 17.1. The summed E-state index contributed by atoms with van der Waals surface area (Å²) in [5, 5.41) is 7.39. The van der Waals surface area contributed by atoms with Crippen LogP contribution in [0.4, 0.5) is 11.4 Å². The van der Waals surface area contributed by atoms with Crippen LogP contribution in [-0.2, 0) is 6.54 Å². The molecule has 0 saturated carbocycles. The molecule has 0 saturated heterocycles. The number of anilines is 2.